The van der Waals surface area contributed by atoms with Crippen molar-refractivity contribution in [3.63, 3.8) is 0 Å². The molecule has 0 saturated heterocycles. The Kier molecular flexibility index (Phi) is 4.46. The molecule has 0 radical (unpaired) electrons. The third-order valence-electron chi connectivity index (χ3n) is 2.33. The van der Waals surface area contributed by atoms with Gasteiger partial charge in [-0.2, -0.15) is 8.42 Å². The van der Waals surface area contributed by atoms with E-state index in [1.807, 2.05) is 0 Å². The molecule has 0 bridgehead atoms. The molecule has 6 nitrogen and oxygen atoms in total. The van der Waals surface area contributed by atoms with Crippen LogP contribution >= 0.6 is 0 Å². The number of nitro groups is 1. The van der Waals surface area contributed by atoms with Crippen molar-refractivity contribution in [2.24, 2.45) is 0 Å². The average Bonchev–Trinajstić information content (AvgIpc) is 2.26. The van der Waals surface area contributed by atoms with Gasteiger partial charge in [-0.25, -0.2) is 0 Å². The van der Waals surface area contributed by atoms with Gasteiger partial charge in [0.05, 0.1) is 10.3 Å². The van der Waals surface area contributed by atoms with E-state index in [1.165, 1.54) is 36.4 Å². The molecule has 90 valence electrons. The van der Waals surface area contributed by atoms with Crippen LogP contribution in [0.5, 0.6) is 0 Å². The Morgan fingerprint density at radius 2 is 1.61 bits per heavy atom. The summed E-state index contributed by atoms with van der Waals surface area (Å²) in [5.74, 6) is 0. The van der Waals surface area contributed by atoms with E-state index in [1.54, 1.807) is 0 Å². The van der Waals surface area contributed by atoms with Crippen LogP contribution in [0.15, 0.2) is 41.3 Å². The molecular weight excluding hydrogens is 269 g/mol. The number of hydrogen-bond acceptors (Lipinski definition) is 4. The average molecular weight is 277 g/mol. The van der Waals surface area contributed by atoms with E-state index in [-0.39, 0.29) is 50.9 Å². The molecule has 2 aromatic rings. The van der Waals surface area contributed by atoms with Gasteiger partial charge in [-0.15, -0.1) is 0 Å². The maximum atomic E-state index is 11.1. The van der Waals surface area contributed by atoms with Crippen molar-refractivity contribution in [1.29, 1.82) is 0 Å². The number of nitrogens with zero attached hydrogens (tertiary/aromatic N) is 1. The molecule has 0 atom stereocenters. The summed E-state index contributed by atoms with van der Waals surface area (Å²) in [5, 5.41) is 11.1. The molecule has 2 aromatic carbocycles. The number of fused-ring (bicyclic) bond motifs is 1. The first-order valence-electron chi connectivity index (χ1n) is 4.55. The van der Waals surface area contributed by atoms with Crippen LogP contribution in [0.4, 0.5) is 5.69 Å². The van der Waals surface area contributed by atoms with Gasteiger partial charge in [-0.3, -0.25) is 14.7 Å². The van der Waals surface area contributed by atoms with Gasteiger partial charge in [0.25, 0.3) is 15.8 Å². The van der Waals surface area contributed by atoms with Crippen LogP contribution in [-0.4, -0.2) is 47.5 Å². The van der Waals surface area contributed by atoms with E-state index in [4.69, 9.17) is 4.55 Å². The van der Waals surface area contributed by atoms with Crippen molar-refractivity contribution in [2.45, 2.75) is 4.90 Å². The van der Waals surface area contributed by atoms with Crippen LogP contribution in [0.25, 0.3) is 10.8 Å². The summed E-state index contributed by atoms with van der Waals surface area (Å²) in [7, 11) is -4.39. The molecule has 2 rings (SSSR count). The number of nitro benzene ring substituents is 1. The van der Waals surface area contributed by atoms with Crippen LogP contribution < -0.4 is 0 Å². The quantitative estimate of drug-likeness (QED) is 0.386. The van der Waals surface area contributed by atoms with Crippen molar-refractivity contribution >= 4 is 56.1 Å². The molecule has 0 saturated carbocycles. The summed E-state index contributed by atoms with van der Waals surface area (Å²) in [6.45, 7) is 0. The van der Waals surface area contributed by atoms with Crippen molar-refractivity contribution < 1.29 is 17.9 Å². The predicted octanol–water partition coefficient (Wildman–Crippen LogP) is 1.35. The van der Waals surface area contributed by atoms with Gasteiger partial charge in [-0.05, 0) is 12.1 Å². The second-order valence-corrected chi connectivity index (χ2v) is 4.75. The molecule has 0 aliphatic carbocycles. The van der Waals surface area contributed by atoms with Gasteiger partial charge >= 0.3 is 29.6 Å². The minimum atomic E-state index is -4.39. The third kappa shape index (κ3) is 2.70. The molecule has 0 aliphatic heterocycles. The van der Waals surface area contributed by atoms with Gasteiger partial charge in [0.15, 0.2) is 0 Å². The molecule has 0 aromatic heterocycles. The fourth-order valence-electron chi connectivity index (χ4n) is 1.65. The topological polar surface area (TPSA) is 97.5 Å². The standard InChI is InChI=1S/C10H7NO5S.Na.H/c12-11(13)9-5-1-4-8-7(9)3-2-6-10(8)17(14,15)16;;/h1-6H,(H,14,15,16);;. The second kappa shape index (κ2) is 5.33. The molecular formula is C10H8NNaO5S. The first-order chi connectivity index (χ1) is 7.91. The van der Waals surface area contributed by atoms with Crippen LogP contribution in [0.1, 0.15) is 0 Å². The van der Waals surface area contributed by atoms with E-state index < -0.39 is 15.0 Å². The summed E-state index contributed by atoms with van der Waals surface area (Å²) in [4.78, 5) is 9.83. The maximum absolute atomic E-state index is 11.1. The summed E-state index contributed by atoms with van der Waals surface area (Å²) >= 11 is 0. The van der Waals surface area contributed by atoms with Crippen LogP contribution in [0.3, 0.4) is 0 Å². The zero-order chi connectivity index (χ0) is 12.6. The van der Waals surface area contributed by atoms with Crippen molar-refractivity contribution in [3.05, 3.63) is 46.5 Å². The van der Waals surface area contributed by atoms with E-state index in [2.05, 4.69) is 0 Å². The minimum absolute atomic E-state index is 0. The Hall–Kier alpha value is -0.990. The molecule has 0 aliphatic rings. The van der Waals surface area contributed by atoms with Crippen molar-refractivity contribution in [3.8, 4) is 0 Å². The van der Waals surface area contributed by atoms with Gasteiger partial charge in [0, 0.05) is 11.5 Å². The summed E-state index contributed by atoms with van der Waals surface area (Å²) < 4.78 is 31.2. The number of rotatable bonds is 2. The Bertz CT molecular complexity index is 713. The van der Waals surface area contributed by atoms with E-state index in [0.29, 0.717) is 0 Å². The van der Waals surface area contributed by atoms with Gasteiger partial charge in [0.1, 0.15) is 4.90 Å². The molecule has 0 amide bonds. The molecule has 0 unspecified atom stereocenters. The van der Waals surface area contributed by atoms with E-state index in [0.717, 1.165) is 0 Å². The molecule has 18 heavy (non-hydrogen) atoms. The fraction of sp³-hybridized carbons (Fsp3) is 0. The van der Waals surface area contributed by atoms with E-state index >= 15 is 0 Å². The molecule has 0 fully saturated rings. The van der Waals surface area contributed by atoms with Crippen molar-refractivity contribution in [2.75, 3.05) is 0 Å². The normalized spacial score (nSPS) is 10.9. The van der Waals surface area contributed by atoms with Gasteiger partial charge in [0.2, 0.25) is 0 Å². The molecule has 0 heterocycles. The zero-order valence-electron chi connectivity index (χ0n) is 8.40. The first kappa shape index (κ1) is 15.1. The molecule has 0 spiro atoms. The first-order valence-corrected chi connectivity index (χ1v) is 5.99. The SMILES string of the molecule is O=[N+]([O-])c1cccc2c(S(=O)(=O)O)cccc12.[NaH]. The summed E-state index contributed by atoms with van der Waals surface area (Å²) in [6.07, 6.45) is 0. The zero-order valence-corrected chi connectivity index (χ0v) is 9.22. The van der Waals surface area contributed by atoms with Gasteiger partial charge in [-0.1, -0.05) is 18.2 Å². The Morgan fingerprint density at radius 3 is 2.17 bits per heavy atom. The molecule has 1 N–H and O–H groups in total. The third-order valence-corrected chi connectivity index (χ3v) is 3.25. The van der Waals surface area contributed by atoms with Gasteiger partial charge < -0.3 is 0 Å². The monoisotopic (exact) mass is 277 g/mol. The number of hydrogen-bond donors (Lipinski definition) is 1. The number of benzene rings is 2. The summed E-state index contributed by atoms with van der Waals surface area (Å²) in [6, 6.07) is 8.03. The Balaban J connectivity index is 0.00000162. The second-order valence-electron chi connectivity index (χ2n) is 3.36. The predicted molar refractivity (Wildman–Crippen MR) is 67.6 cm³/mol. The van der Waals surface area contributed by atoms with Crippen LogP contribution in [-0.2, 0) is 10.1 Å². The van der Waals surface area contributed by atoms with Crippen molar-refractivity contribution in [1.82, 2.24) is 0 Å². The van der Waals surface area contributed by atoms with Crippen LogP contribution in [0.2, 0.25) is 0 Å². The van der Waals surface area contributed by atoms with E-state index in [9.17, 15) is 18.5 Å². The Morgan fingerprint density at radius 1 is 1.06 bits per heavy atom. The Labute approximate surface area is 125 Å². The van der Waals surface area contributed by atoms with Crippen LogP contribution in [0, 0.1) is 10.1 Å². The number of non-ortho nitro benzene ring substituents is 1. The fourth-order valence-corrected chi connectivity index (χ4v) is 2.36. The summed E-state index contributed by atoms with van der Waals surface area (Å²) in [5.41, 5.74) is -0.201. The molecule has 8 heteroatoms.